The molecule has 0 aliphatic heterocycles. The highest BCUT2D eigenvalue weighted by Gasteiger charge is 2.56. The molecule has 5 rings (SSSR count). The monoisotopic (exact) mass is 328 g/mol. The standard InChI is InChI=1S/C19H24N2O3/c20-15-3-1-14(2-4-15)17(22)21-16(18(23)24)19-8-11-5-12(9-19)7-13(6-11)10-19/h1-4,11-13,16H,5-10,20H2,(H,21,22)(H,23,24)/t11?,12?,13?,16-,19?/m0/s1. The molecule has 4 N–H and O–H groups in total. The summed E-state index contributed by atoms with van der Waals surface area (Å²) in [6.45, 7) is 0. The van der Waals surface area contributed by atoms with Gasteiger partial charge in [0.05, 0.1) is 0 Å². The van der Waals surface area contributed by atoms with Gasteiger partial charge in [-0.25, -0.2) is 4.79 Å². The van der Waals surface area contributed by atoms with Crippen LogP contribution in [0.2, 0.25) is 0 Å². The van der Waals surface area contributed by atoms with E-state index >= 15 is 0 Å². The molecule has 0 radical (unpaired) electrons. The van der Waals surface area contributed by atoms with Gasteiger partial charge in [0.25, 0.3) is 5.91 Å². The summed E-state index contributed by atoms with van der Waals surface area (Å²) in [5.74, 6) is 0.712. The molecule has 4 saturated carbocycles. The van der Waals surface area contributed by atoms with Crippen molar-refractivity contribution in [3.63, 3.8) is 0 Å². The number of nitrogens with two attached hydrogens (primary N) is 1. The van der Waals surface area contributed by atoms with Crippen LogP contribution in [-0.4, -0.2) is 23.0 Å². The minimum atomic E-state index is -0.902. The molecule has 4 fully saturated rings. The zero-order valence-electron chi connectivity index (χ0n) is 13.7. The van der Waals surface area contributed by atoms with Crippen LogP contribution >= 0.6 is 0 Å². The molecule has 0 heterocycles. The van der Waals surface area contributed by atoms with Crippen LogP contribution in [0.5, 0.6) is 0 Å². The molecule has 1 atom stereocenters. The molecule has 0 aromatic heterocycles. The average molecular weight is 328 g/mol. The van der Waals surface area contributed by atoms with Crippen molar-refractivity contribution in [2.24, 2.45) is 23.2 Å². The first-order valence-corrected chi connectivity index (χ1v) is 8.84. The normalized spacial score (nSPS) is 34.8. The van der Waals surface area contributed by atoms with Gasteiger partial charge in [-0.1, -0.05) is 0 Å². The van der Waals surface area contributed by atoms with Gasteiger partial charge < -0.3 is 16.2 Å². The summed E-state index contributed by atoms with van der Waals surface area (Å²) in [7, 11) is 0. The Kier molecular flexibility index (Phi) is 3.55. The predicted octanol–water partition coefficient (Wildman–Crippen LogP) is 2.67. The number of aliphatic carboxylic acids is 1. The number of carboxylic acids is 1. The van der Waals surface area contributed by atoms with E-state index in [9.17, 15) is 14.7 Å². The maximum absolute atomic E-state index is 12.5. The molecular weight excluding hydrogens is 304 g/mol. The first-order chi connectivity index (χ1) is 11.4. The van der Waals surface area contributed by atoms with Crippen molar-refractivity contribution >= 4 is 17.6 Å². The summed E-state index contributed by atoms with van der Waals surface area (Å²) >= 11 is 0. The molecule has 4 aliphatic carbocycles. The quantitative estimate of drug-likeness (QED) is 0.741. The number of rotatable bonds is 4. The molecule has 0 unspecified atom stereocenters. The van der Waals surface area contributed by atoms with E-state index < -0.39 is 12.0 Å². The third kappa shape index (κ3) is 2.56. The zero-order chi connectivity index (χ0) is 16.9. The van der Waals surface area contributed by atoms with Crippen LogP contribution in [0.15, 0.2) is 24.3 Å². The Morgan fingerprint density at radius 2 is 1.54 bits per heavy atom. The number of anilines is 1. The Hall–Kier alpha value is -2.04. The molecule has 5 heteroatoms. The Bertz CT molecular complexity index is 632. The molecule has 0 spiro atoms. The minimum Gasteiger partial charge on any atom is -0.480 e. The second-order valence-electron chi connectivity index (χ2n) is 8.15. The minimum absolute atomic E-state index is 0.260. The Morgan fingerprint density at radius 1 is 1.04 bits per heavy atom. The third-order valence-electron chi connectivity index (χ3n) is 6.39. The lowest BCUT2D eigenvalue weighted by Crippen LogP contribution is -2.59. The molecule has 1 amide bonds. The molecule has 4 aliphatic rings. The second-order valence-corrected chi connectivity index (χ2v) is 8.15. The molecule has 128 valence electrons. The smallest absolute Gasteiger partial charge is 0.326 e. The van der Waals surface area contributed by atoms with E-state index in [1.165, 1.54) is 19.3 Å². The lowest BCUT2D eigenvalue weighted by atomic mass is 9.47. The SMILES string of the molecule is Nc1ccc(C(=O)N[C@@H](C(=O)O)C23CC4CC(CC(C4)C2)C3)cc1. The maximum atomic E-state index is 12.5. The highest BCUT2D eigenvalue weighted by Crippen LogP contribution is 2.61. The van der Waals surface area contributed by atoms with E-state index in [4.69, 9.17) is 5.73 Å². The maximum Gasteiger partial charge on any atom is 0.326 e. The summed E-state index contributed by atoms with van der Waals surface area (Å²) in [6.07, 6.45) is 6.57. The lowest BCUT2D eigenvalue weighted by molar-refractivity contribution is -0.150. The lowest BCUT2D eigenvalue weighted by Gasteiger charge is -2.58. The van der Waals surface area contributed by atoms with Crippen LogP contribution < -0.4 is 11.1 Å². The van der Waals surface area contributed by atoms with Gasteiger partial charge in [0.2, 0.25) is 0 Å². The predicted molar refractivity (Wildman–Crippen MR) is 90.3 cm³/mol. The highest BCUT2D eigenvalue weighted by atomic mass is 16.4. The van der Waals surface area contributed by atoms with E-state index in [1.807, 2.05) is 0 Å². The molecule has 1 aromatic carbocycles. The fourth-order valence-electron chi connectivity index (χ4n) is 5.86. The van der Waals surface area contributed by atoms with E-state index in [1.54, 1.807) is 24.3 Å². The summed E-state index contributed by atoms with van der Waals surface area (Å²) in [4.78, 5) is 24.5. The largest absolute Gasteiger partial charge is 0.480 e. The van der Waals surface area contributed by atoms with Crippen LogP contribution in [-0.2, 0) is 4.79 Å². The van der Waals surface area contributed by atoms with E-state index in [0.717, 1.165) is 19.3 Å². The van der Waals surface area contributed by atoms with Crippen molar-refractivity contribution in [3.8, 4) is 0 Å². The number of hydrogen-bond donors (Lipinski definition) is 3. The highest BCUT2D eigenvalue weighted by molar-refractivity contribution is 5.97. The average Bonchev–Trinajstić information content (AvgIpc) is 2.51. The van der Waals surface area contributed by atoms with Gasteiger partial charge >= 0.3 is 5.97 Å². The molecule has 4 bridgehead atoms. The van der Waals surface area contributed by atoms with Crippen molar-refractivity contribution in [2.45, 2.75) is 44.6 Å². The number of nitrogen functional groups attached to an aromatic ring is 1. The van der Waals surface area contributed by atoms with Crippen LogP contribution in [0.3, 0.4) is 0 Å². The van der Waals surface area contributed by atoms with Gasteiger partial charge in [0.15, 0.2) is 0 Å². The molecule has 24 heavy (non-hydrogen) atoms. The first kappa shape index (κ1) is 15.5. The van der Waals surface area contributed by atoms with Crippen molar-refractivity contribution in [3.05, 3.63) is 29.8 Å². The molecule has 1 aromatic rings. The molecular formula is C19H24N2O3. The van der Waals surface area contributed by atoms with Gasteiger partial charge in [-0.2, -0.15) is 0 Å². The number of carboxylic acid groups (broad SMARTS) is 1. The summed E-state index contributed by atoms with van der Waals surface area (Å²) in [5.41, 5.74) is 6.44. The Balaban J connectivity index is 1.57. The van der Waals surface area contributed by atoms with Gasteiger partial charge in [-0.05, 0) is 80.5 Å². The number of carbonyl (C=O) groups excluding carboxylic acids is 1. The van der Waals surface area contributed by atoms with E-state index in [-0.39, 0.29) is 11.3 Å². The summed E-state index contributed by atoms with van der Waals surface area (Å²) < 4.78 is 0. The van der Waals surface area contributed by atoms with Crippen molar-refractivity contribution < 1.29 is 14.7 Å². The van der Waals surface area contributed by atoms with E-state index in [2.05, 4.69) is 5.32 Å². The summed E-state index contributed by atoms with van der Waals surface area (Å²) in [5, 5.41) is 12.7. The first-order valence-electron chi connectivity index (χ1n) is 8.84. The van der Waals surface area contributed by atoms with Crippen molar-refractivity contribution in [1.29, 1.82) is 0 Å². The number of benzene rings is 1. The van der Waals surface area contributed by atoms with Crippen LogP contribution in [0.1, 0.15) is 48.9 Å². The van der Waals surface area contributed by atoms with E-state index in [0.29, 0.717) is 29.0 Å². The van der Waals surface area contributed by atoms with Crippen molar-refractivity contribution in [1.82, 2.24) is 5.32 Å². The van der Waals surface area contributed by atoms with Crippen LogP contribution in [0.25, 0.3) is 0 Å². The number of hydrogen-bond acceptors (Lipinski definition) is 3. The van der Waals surface area contributed by atoms with Crippen LogP contribution in [0, 0.1) is 23.2 Å². The van der Waals surface area contributed by atoms with Gasteiger partial charge in [0.1, 0.15) is 6.04 Å². The van der Waals surface area contributed by atoms with Crippen LogP contribution in [0.4, 0.5) is 5.69 Å². The topological polar surface area (TPSA) is 92.4 Å². The van der Waals surface area contributed by atoms with Gasteiger partial charge in [-0.3, -0.25) is 4.79 Å². The molecule has 0 saturated heterocycles. The second kappa shape index (κ2) is 5.50. The van der Waals surface area contributed by atoms with Gasteiger partial charge in [0, 0.05) is 16.7 Å². The number of nitrogens with one attached hydrogen (secondary N) is 1. The Labute approximate surface area is 141 Å². The van der Waals surface area contributed by atoms with Gasteiger partial charge in [-0.15, -0.1) is 0 Å². The third-order valence-corrected chi connectivity index (χ3v) is 6.39. The Morgan fingerprint density at radius 3 is 2.00 bits per heavy atom. The fraction of sp³-hybridized carbons (Fsp3) is 0.579. The summed E-state index contributed by atoms with van der Waals surface area (Å²) in [6, 6.07) is 5.81. The zero-order valence-corrected chi connectivity index (χ0v) is 13.7. The number of carbonyl (C=O) groups is 2. The fourth-order valence-corrected chi connectivity index (χ4v) is 5.86. The number of amides is 1. The molecule has 5 nitrogen and oxygen atoms in total. The van der Waals surface area contributed by atoms with Crippen molar-refractivity contribution in [2.75, 3.05) is 5.73 Å².